The molecule has 1 aromatic heterocycles. The Morgan fingerprint density at radius 1 is 1.16 bits per heavy atom. The van der Waals surface area contributed by atoms with Crippen LogP contribution in [0.25, 0.3) is 6.08 Å². The number of hydrogen-bond acceptors (Lipinski definition) is 6. The third-order valence-corrected chi connectivity index (χ3v) is 4.88. The predicted molar refractivity (Wildman–Crippen MR) is 107 cm³/mol. The van der Waals surface area contributed by atoms with E-state index in [1.54, 1.807) is 6.08 Å². The van der Waals surface area contributed by atoms with Gasteiger partial charge in [-0.05, 0) is 29.5 Å². The lowest BCUT2D eigenvalue weighted by molar-refractivity contribution is -0.154. The number of carbonyl (C=O) groups is 3. The molecule has 2 heterocycles. The molecule has 3 amide bonds. The Balaban J connectivity index is 1.50. The average Bonchev–Trinajstić information content (AvgIpc) is 3.00. The Labute approximate surface area is 179 Å². The standard InChI is InChI=1S/C20H16F3N3O4S/c21-20(22,23)12-30-16-7-6-14(11-25-16)17(27)24-8-9-26-18(28)15(31-19(26)29)10-13-4-2-1-3-5-13/h1-7,10-11H,8-9,12H2,(H,24,27). The maximum atomic E-state index is 12.4. The summed E-state index contributed by atoms with van der Waals surface area (Å²) in [6.07, 6.45) is -1.79. The molecule has 0 atom stereocenters. The van der Waals surface area contributed by atoms with Crippen LogP contribution in [0.1, 0.15) is 15.9 Å². The zero-order chi connectivity index (χ0) is 22.4. The molecular formula is C20H16F3N3O4S. The average molecular weight is 451 g/mol. The smallest absolute Gasteiger partial charge is 0.422 e. The minimum atomic E-state index is -4.49. The largest absolute Gasteiger partial charge is 0.468 e. The first-order chi connectivity index (χ1) is 14.7. The lowest BCUT2D eigenvalue weighted by atomic mass is 10.2. The number of alkyl halides is 3. The summed E-state index contributed by atoms with van der Waals surface area (Å²) in [6.45, 7) is -1.51. The molecule has 31 heavy (non-hydrogen) atoms. The molecule has 3 rings (SSSR count). The molecule has 1 aromatic carbocycles. The number of imide groups is 1. The van der Waals surface area contributed by atoms with Gasteiger partial charge in [0.2, 0.25) is 5.88 Å². The van der Waals surface area contributed by atoms with Crippen LogP contribution >= 0.6 is 11.8 Å². The minimum absolute atomic E-state index is 0.00180. The molecular weight excluding hydrogens is 435 g/mol. The van der Waals surface area contributed by atoms with Crippen LogP contribution < -0.4 is 10.1 Å². The maximum absolute atomic E-state index is 12.4. The Morgan fingerprint density at radius 2 is 1.90 bits per heavy atom. The van der Waals surface area contributed by atoms with Crippen LogP contribution in [0.15, 0.2) is 53.6 Å². The third-order valence-electron chi connectivity index (χ3n) is 3.97. The Morgan fingerprint density at radius 3 is 2.55 bits per heavy atom. The molecule has 0 bridgehead atoms. The fourth-order valence-corrected chi connectivity index (χ4v) is 3.40. The van der Waals surface area contributed by atoms with E-state index in [0.717, 1.165) is 34.5 Å². The Bertz CT molecular complexity index is 995. The van der Waals surface area contributed by atoms with Crippen LogP contribution in [0.5, 0.6) is 5.88 Å². The number of nitrogens with one attached hydrogen (secondary N) is 1. The van der Waals surface area contributed by atoms with Gasteiger partial charge >= 0.3 is 6.18 Å². The summed E-state index contributed by atoms with van der Waals surface area (Å²) >= 11 is 0.822. The highest BCUT2D eigenvalue weighted by Crippen LogP contribution is 2.31. The summed E-state index contributed by atoms with van der Waals surface area (Å²) in [5, 5.41) is 2.10. The Hall–Kier alpha value is -3.34. The fraction of sp³-hybridized carbons (Fsp3) is 0.200. The number of benzene rings is 1. The van der Waals surface area contributed by atoms with Crippen molar-refractivity contribution in [1.29, 1.82) is 0 Å². The number of carbonyl (C=O) groups excluding carboxylic acids is 3. The molecule has 2 aromatic rings. The molecule has 162 valence electrons. The van der Waals surface area contributed by atoms with Crippen LogP contribution in [0.4, 0.5) is 18.0 Å². The number of thioether (sulfide) groups is 1. The van der Waals surface area contributed by atoms with E-state index in [1.165, 1.54) is 6.07 Å². The van der Waals surface area contributed by atoms with Gasteiger partial charge in [0.05, 0.1) is 10.5 Å². The first-order valence-electron chi connectivity index (χ1n) is 8.97. The molecule has 0 aliphatic carbocycles. The molecule has 11 heteroatoms. The molecule has 1 aliphatic heterocycles. The van der Waals surface area contributed by atoms with Gasteiger partial charge < -0.3 is 10.1 Å². The van der Waals surface area contributed by atoms with Crippen LogP contribution in [-0.4, -0.2) is 52.8 Å². The van der Waals surface area contributed by atoms with Crippen molar-refractivity contribution in [2.24, 2.45) is 0 Å². The van der Waals surface area contributed by atoms with E-state index in [1.807, 2.05) is 30.3 Å². The van der Waals surface area contributed by atoms with E-state index >= 15 is 0 Å². The van der Waals surface area contributed by atoms with Gasteiger partial charge in [0.1, 0.15) is 0 Å². The number of hydrogen-bond donors (Lipinski definition) is 1. The van der Waals surface area contributed by atoms with Gasteiger partial charge in [0, 0.05) is 25.4 Å². The van der Waals surface area contributed by atoms with E-state index in [2.05, 4.69) is 15.0 Å². The van der Waals surface area contributed by atoms with Crippen LogP contribution in [0.3, 0.4) is 0 Å². The second kappa shape index (κ2) is 9.65. The summed E-state index contributed by atoms with van der Waals surface area (Å²) in [7, 11) is 0. The van der Waals surface area contributed by atoms with Crippen molar-refractivity contribution >= 4 is 34.9 Å². The lowest BCUT2D eigenvalue weighted by Gasteiger charge is -2.13. The SMILES string of the molecule is O=C(NCCN1C(=O)SC(=Cc2ccccc2)C1=O)c1ccc(OCC(F)(F)F)nc1. The van der Waals surface area contributed by atoms with Crippen molar-refractivity contribution in [2.75, 3.05) is 19.7 Å². The van der Waals surface area contributed by atoms with Gasteiger partial charge in [-0.2, -0.15) is 13.2 Å². The van der Waals surface area contributed by atoms with Crippen molar-refractivity contribution < 1.29 is 32.3 Å². The molecule has 0 spiro atoms. The van der Waals surface area contributed by atoms with Gasteiger partial charge in [-0.15, -0.1) is 0 Å². The summed E-state index contributed by atoms with van der Waals surface area (Å²) in [5.74, 6) is -1.26. The van der Waals surface area contributed by atoms with Gasteiger partial charge in [0.25, 0.3) is 17.1 Å². The monoisotopic (exact) mass is 451 g/mol. The number of amides is 3. The van der Waals surface area contributed by atoms with Crippen molar-refractivity contribution in [1.82, 2.24) is 15.2 Å². The van der Waals surface area contributed by atoms with Crippen LogP contribution in [-0.2, 0) is 4.79 Å². The highest BCUT2D eigenvalue weighted by molar-refractivity contribution is 8.18. The lowest BCUT2D eigenvalue weighted by Crippen LogP contribution is -2.37. The zero-order valence-electron chi connectivity index (χ0n) is 15.9. The van der Waals surface area contributed by atoms with E-state index in [0.29, 0.717) is 4.91 Å². The van der Waals surface area contributed by atoms with E-state index in [4.69, 9.17) is 0 Å². The first kappa shape index (κ1) is 22.3. The second-order valence-corrected chi connectivity index (χ2v) is 7.28. The third kappa shape index (κ3) is 6.32. The number of pyridine rings is 1. The zero-order valence-corrected chi connectivity index (χ0v) is 16.7. The number of aromatic nitrogens is 1. The quantitative estimate of drug-likeness (QED) is 0.649. The van der Waals surface area contributed by atoms with E-state index in [-0.39, 0.29) is 24.5 Å². The van der Waals surface area contributed by atoms with Gasteiger partial charge in [-0.25, -0.2) is 4.98 Å². The highest BCUT2D eigenvalue weighted by Gasteiger charge is 2.34. The number of nitrogens with zero attached hydrogens (tertiary/aromatic N) is 2. The molecule has 0 radical (unpaired) electrons. The molecule has 0 unspecified atom stereocenters. The maximum Gasteiger partial charge on any atom is 0.422 e. The van der Waals surface area contributed by atoms with Crippen molar-refractivity contribution in [3.05, 3.63) is 64.7 Å². The predicted octanol–water partition coefficient (Wildman–Crippen LogP) is 3.49. The molecule has 1 N–H and O–H groups in total. The second-order valence-electron chi connectivity index (χ2n) is 6.29. The number of ether oxygens (including phenoxy) is 1. The Kier molecular flexibility index (Phi) is 6.95. The number of rotatable bonds is 7. The summed E-state index contributed by atoms with van der Waals surface area (Å²) in [5.41, 5.74) is 0.883. The normalized spacial score (nSPS) is 15.5. The van der Waals surface area contributed by atoms with Crippen molar-refractivity contribution in [3.63, 3.8) is 0 Å². The highest BCUT2D eigenvalue weighted by atomic mass is 32.2. The summed E-state index contributed by atoms with van der Waals surface area (Å²) < 4.78 is 40.9. The van der Waals surface area contributed by atoms with Crippen molar-refractivity contribution in [3.8, 4) is 5.88 Å². The molecule has 7 nitrogen and oxygen atoms in total. The van der Waals surface area contributed by atoms with Gasteiger partial charge in [0.15, 0.2) is 6.61 Å². The summed E-state index contributed by atoms with van der Waals surface area (Å²) in [4.78, 5) is 41.7. The van der Waals surface area contributed by atoms with Crippen LogP contribution in [0, 0.1) is 0 Å². The van der Waals surface area contributed by atoms with E-state index in [9.17, 15) is 27.6 Å². The van der Waals surface area contributed by atoms with Gasteiger partial charge in [-0.1, -0.05) is 30.3 Å². The van der Waals surface area contributed by atoms with Gasteiger partial charge in [-0.3, -0.25) is 19.3 Å². The van der Waals surface area contributed by atoms with Crippen molar-refractivity contribution in [2.45, 2.75) is 6.18 Å². The minimum Gasteiger partial charge on any atom is -0.468 e. The molecule has 1 aliphatic rings. The summed E-state index contributed by atoms with van der Waals surface area (Å²) in [6, 6.07) is 11.5. The van der Waals surface area contributed by atoms with Crippen LogP contribution in [0.2, 0.25) is 0 Å². The fourth-order valence-electron chi connectivity index (χ4n) is 2.53. The number of halogens is 3. The topological polar surface area (TPSA) is 88.6 Å². The molecule has 1 saturated heterocycles. The first-order valence-corrected chi connectivity index (χ1v) is 9.79. The molecule has 1 fully saturated rings. The molecule has 0 saturated carbocycles. The van der Waals surface area contributed by atoms with E-state index < -0.39 is 29.8 Å².